The van der Waals surface area contributed by atoms with Crippen LogP contribution in [-0.4, -0.2) is 12.6 Å². The van der Waals surface area contributed by atoms with Crippen molar-refractivity contribution in [1.82, 2.24) is 0 Å². The molecule has 0 aliphatic heterocycles. The zero-order valence-electron chi connectivity index (χ0n) is 10.5. The molecule has 0 fully saturated rings. The molecular weight excluding hydrogens is 200 g/mol. The van der Waals surface area contributed by atoms with Crippen LogP contribution < -0.4 is 0 Å². The van der Waals surface area contributed by atoms with Crippen molar-refractivity contribution < 1.29 is 9.53 Å². The number of carbonyl (C=O) groups excluding carboxylic acids is 1. The second-order valence-electron chi connectivity index (χ2n) is 4.67. The van der Waals surface area contributed by atoms with E-state index in [1.54, 1.807) is 0 Å². The predicted molar refractivity (Wildman–Crippen MR) is 66.0 cm³/mol. The molecule has 1 rings (SSSR count). The first kappa shape index (κ1) is 12.8. The fraction of sp³-hybridized carbons (Fsp3) is 0.500. The average Bonchev–Trinajstić information content (AvgIpc) is 2.16. The highest BCUT2D eigenvalue weighted by molar-refractivity contribution is 5.82. The number of allylic oxidation sites excluding steroid dienone is 5. The molecule has 0 radical (unpaired) electrons. The molecule has 1 aliphatic rings. The van der Waals surface area contributed by atoms with Crippen LogP contribution in [0.5, 0.6) is 0 Å². The lowest BCUT2D eigenvalue weighted by Crippen LogP contribution is -2.16. The van der Waals surface area contributed by atoms with Gasteiger partial charge in [0.25, 0.3) is 0 Å². The topological polar surface area (TPSA) is 26.3 Å². The van der Waals surface area contributed by atoms with Crippen molar-refractivity contribution in [3.05, 3.63) is 35.5 Å². The molecule has 88 valence electrons. The maximum Gasteiger partial charge on any atom is 0.330 e. The summed E-state index contributed by atoms with van der Waals surface area (Å²) in [6.07, 6.45) is 8.69. The lowest BCUT2D eigenvalue weighted by Gasteiger charge is -2.29. The molecule has 0 atom stereocenters. The lowest BCUT2D eigenvalue weighted by atomic mass is 9.75. The highest BCUT2D eigenvalue weighted by atomic mass is 16.5. The van der Waals surface area contributed by atoms with Crippen molar-refractivity contribution in [2.75, 3.05) is 6.61 Å². The zero-order valence-corrected chi connectivity index (χ0v) is 10.5. The van der Waals surface area contributed by atoms with Crippen LogP contribution in [-0.2, 0) is 9.53 Å². The van der Waals surface area contributed by atoms with Crippen LogP contribution in [0.4, 0.5) is 0 Å². The molecule has 0 aromatic heterocycles. The average molecular weight is 220 g/mol. The number of hydrogen-bond donors (Lipinski definition) is 0. The van der Waals surface area contributed by atoms with Gasteiger partial charge in [0.2, 0.25) is 0 Å². The molecule has 0 amide bonds. The van der Waals surface area contributed by atoms with E-state index in [1.807, 2.05) is 13.0 Å². The van der Waals surface area contributed by atoms with E-state index >= 15 is 0 Å². The number of ether oxygens (including phenoxy) is 1. The summed E-state index contributed by atoms with van der Waals surface area (Å²) >= 11 is 0. The number of hydrogen-bond acceptors (Lipinski definition) is 2. The first-order valence-electron chi connectivity index (χ1n) is 5.70. The second-order valence-corrected chi connectivity index (χ2v) is 4.67. The van der Waals surface area contributed by atoms with E-state index in [9.17, 15) is 4.79 Å². The van der Waals surface area contributed by atoms with E-state index in [-0.39, 0.29) is 11.4 Å². The van der Waals surface area contributed by atoms with Crippen LogP contribution in [0.3, 0.4) is 0 Å². The van der Waals surface area contributed by atoms with Crippen molar-refractivity contribution in [2.45, 2.75) is 34.1 Å². The molecule has 0 aromatic rings. The van der Waals surface area contributed by atoms with E-state index in [0.717, 1.165) is 6.42 Å². The van der Waals surface area contributed by atoms with E-state index in [1.165, 1.54) is 17.2 Å². The lowest BCUT2D eigenvalue weighted by molar-refractivity contribution is -0.137. The van der Waals surface area contributed by atoms with Gasteiger partial charge < -0.3 is 4.74 Å². The first-order valence-corrected chi connectivity index (χ1v) is 5.70. The van der Waals surface area contributed by atoms with Crippen LogP contribution in [0, 0.1) is 5.41 Å². The Kier molecular flexibility index (Phi) is 4.11. The van der Waals surface area contributed by atoms with E-state index < -0.39 is 0 Å². The maximum atomic E-state index is 11.3. The van der Waals surface area contributed by atoms with E-state index in [2.05, 4.69) is 32.9 Å². The number of rotatable bonds is 3. The van der Waals surface area contributed by atoms with Crippen molar-refractivity contribution in [2.24, 2.45) is 5.41 Å². The third-order valence-electron chi connectivity index (χ3n) is 2.82. The minimum absolute atomic E-state index is 0.0990. The molecule has 0 heterocycles. The van der Waals surface area contributed by atoms with Crippen molar-refractivity contribution in [3.8, 4) is 0 Å². The molecule has 1 aliphatic carbocycles. The summed E-state index contributed by atoms with van der Waals surface area (Å²) in [4.78, 5) is 11.3. The van der Waals surface area contributed by atoms with Gasteiger partial charge in [0.05, 0.1) is 6.61 Å². The van der Waals surface area contributed by atoms with Crippen LogP contribution in [0.25, 0.3) is 0 Å². The summed E-state index contributed by atoms with van der Waals surface area (Å²) in [5, 5.41) is 0. The summed E-state index contributed by atoms with van der Waals surface area (Å²) < 4.78 is 4.87. The third-order valence-corrected chi connectivity index (χ3v) is 2.82. The molecule has 0 saturated heterocycles. The van der Waals surface area contributed by atoms with Crippen LogP contribution >= 0.6 is 0 Å². The molecule has 16 heavy (non-hydrogen) atoms. The minimum Gasteiger partial charge on any atom is -0.463 e. The largest absolute Gasteiger partial charge is 0.463 e. The number of carbonyl (C=O) groups is 1. The Hall–Kier alpha value is -1.31. The molecular formula is C14H20O2. The van der Waals surface area contributed by atoms with Gasteiger partial charge in [-0.05, 0) is 36.8 Å². The second kappa shape index (κ2) is 5.15. The smallest absolute Gasteiger partial charge is 0.330 e. The van der Waals surface area contributed by atoms with Crippen LogP contribution in [0.15, 0.2) is 35.5 Å². The first-order chi connectivity index (χ1) is 7.47. The Morgan fingerprint density at radius 1 is 1.56 bits per heavy atom. The molecule has 0 spiro atoms. The molecule has 0 saturated carbocycles. The van der Waals surface area contributed by atoms with E-state index in [0.29, 0.717) is 6.61 Å². The van der Waals surface area contributed by atoms with Crippen LogP contribution in [0.2, 0.25) is 0 Å². The quantitative estimate of drug-likeness (QED) is 0.538. The van der Waals surface area contributed by atoms with Gasteiger partial charge >= 0.3 is 5.97 Å². The fourth-order valence-corrected chi connectivity index (χ4v) is 1.96. The van der Waals surface area contributed by atoms with Gasteiger partial charge in [-0.25, -0.2) is 4.79 Å². The van der Waals surface area contributed by atoms with Gasteiger partial charge in [0.1, 0.15) is 0 Å². The molecule has 0 bridgehead atoms. The number of esters is 1. The Labute approximate surface area is 97.7 Å². The zero-order chi connectivity index (χ0) is 12.2. The maximum absolute atomic E-state index is 11.3. The third kappa shape index (κ3) is 3.09. The SMILES string of the molecule is CCOC(=O)C=CC1=C(C)C=CCC1(C)C. The van der Waals surface area contributed by atoms with Gasteiger partial charge in [-0.1, -0.05) is 32.1 Å². The van der Waals surface area contributed by atoms with Crippen molar-refractivity contribution in [3.63, 3.8) is 0 Å². The normalized spacial score (nSPS) is 19.2. The van der Waals surface area contributed by atoms with Gasteiger partial charge in [-0.2, -0.15) is 0 Å². The summed E-state index contributed by atoms with van der Waals surface area (Å²) in [5.41, 5.74) is 2.53. The molecule has 0 aromatic carbocycles. The van der Waals surface area contributed by atoms with Crippen molar-refractivity contribution in [1.29, 1.82) is 0 Å². The van der Waals surface area contributed by atoms with Crippen LogP contribution in [0.1, 0.15) is 34.1 Å². The summed E-state index contributed by atoms with van der Waals surface area (Å²) in [6, 6.07) is 0. The molecule has 0 unspecified atom stereocenters. The molecule has 0 N–H and O–H groups in total. The van der Waals surface area contributed by atoms with Gasteiger partial charge in [0, 0.05) is 6.08 Å². The van der Waals surface area contributed by atoms with Crippen molar-refractivity contribution >= 4 is 5.97 Å². The van der Waals surface area contributed by atoms with Gasteiger partial charge in [0.15, 0.2) is 0 Å². The Balaban J connectivity index is 2.85. The Bertz CT molecular complexity index is 357. The monoisotopic (exact) mass is 220 g/mol. The minimum atomic E-state index is -0.270. The molecule has 2 heteroatoms. The molecule has 2 nitrogen and oxygen atoms in total. The summed E-state index contributed by atoms with van der Waals surface area (Å²) in [6.45, 7) is 8.67. The summed E-state index contributed by atoms with van der Waals surface area (Å²) in [7, 11) is 0. The Morgan fingerprint density at radius 2 is 2.25 bits per heavy atom. The predicted octanol–water partition coefficient (Wildman–Crippen LogP) is 3.41. The highest BCUT2D eigenvalue weighted by Gasteiger charge is 2.24. The van der Waals surface area contributed by atoms with Gasteiger partial charge in [-0.3, -0.25) is 0 Å². The standard InChI is InChI=1S/C14H20O2/c1-5-16-13(15)9-8-12-11(2)7-6-10-14(12,3)4/h6-9H,5,10H2,1-4H3. The highest BCUT2D eigenvalue weighted by Crippen LogP contribution is 2.37. The fourth-order valence-electron chi connectivity index (χ4n) is 1.96. The van der Waals surface area contributed by atoms with E-state index in [4.69, 9.17) is 4.74 Å². The summed E-state index contributed by atoms with van der Waals surface area (Å²) in [5.74, 6) is -0.270. The Morgan fingerprint density at radius 3 is 2.81 bits per heavy atom. The van der Waals surface area contributed by atoms with Gasteiger partial charge in [-0.15, -0.1) is 0 Å².